The predicted molar refractivity (Wildman–Crippen MR) is 79.6 cm³/mol. The highest BCUT2D eigenvalue weighted by Crippen LogP contribution is 2.40. The molecule has 0 spiro atoms. The summed E-state index contributed by atoms with van der Waals surface area (Å²) in [4.78, 5) is 37.6. The Balaban J connectivity index is 1.95. The summed E-state index contributed by atoms with van der Waals surface area (Å²) in [6, 6.07) is 2.09. The average Bonchev–Trinajstić information content (AvgIpc) is 2.89. The number of carbonyl (C=O) groups is 2. The molecular weight excluding hydrogens is 284 g/mol. The Morgan fingerprint density at radius 3 is 2.68 bits per heavy atom. The van der Waals surface area contributed by atoms with E-state index in [1.54, 1.807) is 19.3 Å². The van der Waals surface area contributed by atoms with Crippen molar-refractivity contribution < 1.29 is 14.7 Å². The molecule has 0 bridgehead atoms. The number of aromatic nitrogens is 1. The van der Waals surface area contributed by atoms with Crippen molar-refractivity contribution in [1.82, 2.24) is 9.47 Å². The van der Waals surface area contributed by atoms with Gasteiger partial charge < -0.3 is 14.6 Å². The van der Waals surface area contributed by atoms with Crippen LogP contribution in [0.25, 0.3) is 0 Å². The predicted octanol–water partition coefficient (Wildman–Crippen LogP) is 1.24. The van der Waals surface area contributed by atoms with Gasteiger partial charge in [0.25, 0.3) is 11.5 Å². The zero-order chi connectivity index (χ0) is 15.9. The standard InChI is InChI=1S/C16H20N2O4/c1-17-7-6-11(9-14(17)19)15(20)18-12-5-3-2-4-10(12)8-13(18)16(21)22/h6-7,9-10,12-13H,2-5,8H2,1H3,(H,21,22). The van der Waals surface area contributed by atoms with Crippen molar-refractivity contribution in [3.63, 3.8) is 0 Å². The minimum atomic E-state index is -0.952. The minimum Gasteiger partial charge on any atom is -0.480 e. The van der Waals surface area contributed by atoms with Crippen LogP contribution in [0.5, 0.6) is 0 Å². The maximum atomic E-state index is 12.8. The maximum absolute atomic E-state index is 12.8. The number of amides is 1. The van der Waals surface area contributed by atoms with Crippen LogP contribution in [0.4, 0.5) is 0 Å². The van der Waals surface area contributed by atoms with E-state index in [0.717, 1.165) is 25.7 Å². The van der Waals surface area contributed by atoms with Gasteiger partial charge in [-0.2, -0.15) is 0 Å². The number of carboxylic acid groups (broad SMARTS) is 1. The van der Waals surface area contributed by atoms with Crippen LogP contribution in [-0.2, 0) is 11.8 Å². The first-order valence-corrected chi connectivity index (χ1v) is 7.71. The van der Waals surface area contributed by atoms with Crippen molar-refractivity contribution in [2.24, 2.45) is 13.0 Å². The summed E-state index contributed by atoms with van der Waals surface area (Å²) in [5.74, 6) is -1.02. The van der Waals surface area contributed by atoms with Gasteiger partial charge in [-0.3, -0.25) is 9.59 Å². The van der Waals surface area contributed by atoms with Gasteiger partial charge in [0.05, 0.1) is 0 Å². The van der Waals surface area contributed by atoms with Crippen molar-refractivity contribution in [2.75, 3.05) is 0 Å². The molecule has 2 aliphatic rings. The van der Waals surface area contributed by atoms with Crippen LogP contribution < -0.4 is 5.56 Å². The number of rotatable bonds is 2. The molecule has 22 heavy (non-hydrogen) atoms. The lowest BCUT2D eigenvalue weighted by Crippen LogP contribution is -2.46. The van der Waals surface area contributed by atoms with E-state index in [0.29, 0.717) is 6.42 Å². The van der Waals surface area contributed by atoms with Crippen LogP contribution in [0.15, 0.2) is 23.1 Å². The number of pyridine rings is 1. The van der Waals surface area contributed by atoms with Crippen LogP contribution in [0.3, 0.4) is 0 Å². The molecule has 118 valence electrons. The van der Waals surface area contributed by atoms with E-state index in [9.17, 15) is 19.5 Å². The number of likely N-dealkylation sites (tertiary alicyclic amines) is 1. The molecule has 1 aromatic heterocycles. The van der Waals surface area contributed by atoms with Crippen molar-refractivity contribution in [3.05, 3.63) is 34.2 Å². The monoisotopic (exact) mass is 304 g/mol. The lowest BCUT2D eigenvalue weighted by atomic mass is 9.84. The average molecular weight is 304 g/mol. The van der Waals surface area contributed by atoms with E-state index >= 15 is 0 Å². The third-order valence-corrected chi connectivity index (χ3v) is 4.96. The summed E-state index contributed by atoms with van der Waals surface area (Å²) in [5, 5.41) is 9.47. The van der Waals surface area contributed by atoms with Gasteiger partial charge in [-0.05, 0) is 31.2 Å². The van der Waals surface area contributed by atoms with Crippen LogP contribution >= 0.6 is 0 Å². The van der Waals surface area contributed by atoms with Gasteiger partial charge in [0.2, 0.25) is 0 Å². The molecule has 3 rings (SSSR count). The molecule has 6 nitrogen and oxygen atoms in total. The van der Waals surface area contributed by atoms with Gasteiger partial charge in [-0.1, -0.05) is 12.8 Å². The van der Waals surface area contributed by atoms with Crippen molar-refractivity contribution >= 4 is 11.9 Å². The van der Waals surface area contributed by atoms with Gasteiger partial charge in [0.15, 0.2) is 0 Å². The second kappa shape index (κ2) is 5.59. The summed E-state index contributed by atoms with van der Waals surface area (Å²) in [5.41, 5.74) is 0.0117. The van der Waals surface area contributed by atoms with Crippen molar-refractivity contribution in [3.8, 4) is 0 Å². The zero-order valence-corrected chi connectivity index (χ0v) is 12.6. The molecule has 1 N–H and O–H groups in total. The third kappa shape index (κ3) is 2.42. The third-order valence-electron chi connectivity index (χ3n) is 4.96. The van der Waals surface area contributed by atoms with E-state index in [2.05, 4.69) is 0 Å². The fraction of sp³-hybridized carbons (Fsp3) is 0.562. The highest BCUT2D eigenvalue weighted by Gasteiger charge is 2.47. The van der Waals surface area contributed by atoms with E-state index in [4.69, 9.17) is 0 Å². The summed E-state index contributed by atoms with van der Waals surface area (Å²) >= 11 is 0. The van der Waals surface area contributed by atoms with Crippen LogP contribution in [0.2, 0.25) is 0 Å². The molecule has 3 unspecified atom stereocenters. The largest absolute Gasteiger partial charge is 0.480 e. The number of carbonyl (C=O) groups excluding carboxylic acids is 1. The first-order valence-electron chi connectivity index (χ1n) is 7.71. The van der Waals surface area contributed by atoms with Gasteiger partial charge >= 0.3 is 5.97 Å². The van der Waals surface area contributed by atoms with E-state index < -0.39 is 12.0 Å². The van der Waals surface area contributed by atoms with Gasteiger partial charge in [-0.25, -0.2) is 4.79 Å². The normalized spacial score (nSPS) is 27.5. The number of hydrogen-bond acceptors (Lipinski definition) is 3. The lowest BCUT2D eigenvalue weighted by molar-refractivity contribution is -0.141. The van der Waals surface area contributed by atoms with Crippen molar-refractivity contribution in [1.29, 1.82) is 0 Å². The number of nitrogens with zero attached hydrogens (tertiary/aromatic N) is 2. The summed E-state index contributed by atoms with van der Waals surface area (Å²) in [6.45, 7) is 0. The molecule has 1 aliphatic heterocycles. The fourth-order valence-corrected chi connectivity index (χ4v) is 3.80. The highest BCUT2D eigenvalue weighted by molar-refractivity contribution is 5.97. The Morgan fingerprint density at radius 2 is 2.00 bits per heavy atom. The minimum absolute atomic E-state index is 0.00796. The number of aryl methyl sites for hydroxylation is 1. The van der Waals surface area contributed by atoms with Crippen LogP contribution in [0.1, 0.15) is 42.5 Å². The number of carboxylic acids is 1. The molecule has 1 amide bonds. The van der Waals surface area contributed by atoms with E-state index in [-0.39, 0.29) is 29.0 Å². The number of aliphatic carboxylic acids is 1. The lowest BCUT2D eigenvalue weighted by Gasteiger charge is -2.33. The first kappa shape index (κ1) is 14.8. The summed E-state index contributed by atoms with van der Waals surface area (Å²) in [7, 11) is 1.61. The van der Waals surface area contributed by atoms with Gasteiger partial charge in [-0.15, -0.1) is 0 Å². The molecule has 3 atom stereocenters. The Bertz CT molecular complexity index is 666. The molecule has 0 aromatic carbocycles. The topological polar surface area (TPSA) is 79.6 Å². The molecule has 1 saturated heterocycles. The molecule has 1 aromatic rings. The second-order valence-electron chi connectivity index (χ2n) is 6.28. The van der Waals surface area contributed by atoms with Crippen LogP contribution in [-0.4, -0.2) is 38.5 Å². The molecule has 1 aliphatic carbocycles. The van der Waals surface area contributed by atoms with E-state index in [1.807, 2.05) is 0 Å². The Hall–Kier alpha value is -2.11. The molecule has 0 radical (unpaired) electrons. The molecule has 2 heterocycles. The van der Waals surface area contributed by atoms with Crippen LogP contribution in [0, 0.1) is 5.92 Å². The number of fused-ring (bicyclic) bond motifs is 1. The molecule has 6 heteroatoms. The Labute approximate surface area is 128 Å². The van der Waals surface area contributed by atoms with Crippen molar-refractivity contribution in [2.45, 2.75) is 44.2 Å². The quantitative estimate of drug-likeness (QED) is 0.891. The van der Waals surface area contributed by atoms with E-state index in [1.165, 1.54) is 15.5 Å². The number of hydrogen-bond donors (Lipinski definition) is 1. The van der Waals surface area contributed by atoms with Gasteiger partial charge in [0.1, 0.15) is 6.04 Å². The SMILES string of the molecule is Cn1ccc(C(=O)N2C(C(=O)O)CC3CCCCC32)cc1=O. The Kier molecular flexibility index (Phi) is 3.76. The van der Waals surface area contributed by atoms with Gasteiger partial charge in [0, 0.05) is 30.9 Å². The summed E-state index contributed by atoms with van der Waals surface area (Å²) in [6.07, 6.45) is 6.02. The molecule has 1 saturated carbocycles. The smallest absolute Gasteiger partial charge is 0.326 e. The summed E-state index contributed by atoms with van der Waals surface area (Å²) < 4.78 is 1.39. The Morgan fingerprint density at radius 1 is 1.27 bits per heavy atom. The zero-order valence-electron chi connectivity index (χ0n) is 12.6. The fourth-order valence-electron chi connectivity index (χ4n) is 3.80. The molecule has 2 fully saturated rings. The highest BCUT2D eigenvalue weighted by atomic mass is 16.4. The maximum Gasteiger partial charge on any atom is 0.326 e. The second-order valence-corrected chi connectivity index (χ2v) is 6.28. The first-order chi connectivity index (χ1) is 10.5. The molecular formula is C16H20N2O4.